The number of hydrogen-bond donors (Lipinski definition) is 1. The molecule has 162 valence electrons. The molecule has 1 heterocycles. The Kier molecular flexibility index (Phi) is 8.22. The zero-order valence-electron chi connectivity index (χ0n) is 16.9. The van der Waals surface area contributed by atoms with Gasteiger partial charge in [-0.1, -0.05) is 0 Å². The van der Waals surface area contributed by atoms with Gasteiger partial charge in [-0.3, -0.25) is 14.4 Å². The van der Waals surface area contributed by atoms with Crippen LogP contribution in [0, 0.1) is 10.8 Å². The molecule has 1 saturated heterocycles. The Balaban J connectivity index is 3.01. The van der Waals surface area contributed by atoms with E-state index in [1.807, 2.05) is 0 Å². The summed E-state index contributed by atoms with van der Waals surface area (Å²) in [5, 5.41) is 10.2. The van der Waals surface area contributed by atoms with Crippen LogP contribution in [0.15, 0.2) is 0 Å². The number of aliphatic hydroxyl groups excluding tert-OH is 1. The molecule has 0 aromatic rings. The average Bonchev–Trinajstić information content (AvgIpc) is 2.57. The summed E-state index contributed by atoms with van der Waals surface area (Å²) in [6.07, 6.45) is -8.56. The van der Waals surface area contributed by atoms with Gasteiger partial charge in [-0.25, -0.2) is 4.39 Å². The second-order valence-corrected chi connectivity index (χ2v) is 8.83. The van der Waals surface area contributed by atoms with Crippen molar-refractivity contribution in [2.75, 3.05) is 12.5 Å². The lowest BCUT2D eigenvalue weighted by Crippen LogP contribution is -2.60. The maximum absolute atomic E-state index is 15.1. The highest BCUT2D eigenvalue weighted by Gasteiger charge is 2.51. The molecule has 0 spiro atoms. The number of esters is 3. The zero-order chi connectivity index (χ0) is 21.9. The first-order valence-corrected chi connectivity index (χ1v) is 9.33. The van der Waals surface area contributed by atoms with E-state index in [2.05, 4.69) is 0 Å². The number of alkyl halides is 2. The van der Waals surface area contributed by atoms with E-state index >= 15 is 4.39 Å². The van der Waals surface area contributed by atoms with Crippen LogP contribution in [-0.4, -0.2) is 66.3 Å². The van der Waals surface area contributed by atoms with Gasteiger partial charge in [0.15, 0.2) is 24.7 Å². The van der Waals surface area contributed by atoms with Gasteiger partial charge in [0.25, 0.3) is 0 Å². The molecule has 0 aliphatic carbocycles. The van der Waals surface area contributed by atoms with Gasteiger partial charge >= 0.3 is 17.9 Å². The number of hydrogen-bond acceptors (Lipinski definition) is 8. The summed E-state index contributed by atoms with van der Waals surface area (Å²) in [6.45, 7) is 9.01. The molecule has 28 heavy (non-hydrogen) atoms. The molecule has 0 aromatic carbocycles. The Hall–Kier alpha value is -1.45. The second kappa shape index (κ2) is 9.37. The van der Waals surface area contributed by atoms with Gasteiger partial charge in [0, 0.05) is 0 Å². The molecule has 0 amide bonds. The number of carbonyl (C=O) groups is 3. The Morgan fingerprint density at radius 3 is 2.00 bits per heavy atom. The third-order valence-electron chi connectivity index (χ3n) is 3.81. The summed E-state index contributed by atoms with van der Waals surface area (Å²) in [4.78, 5) is 35.6. The first kappa shape index (κ1) is 24.6. The quantitative estimate of drug-likeness (QED) is 0.402. The Labute approximate surface area is 168 Å². The molecule has 1 aliphatic heterocycles. The molecule has 1 N–H and O–H groups in total. The van der Waals surface area contributed by atoms with Gasteiger partial charge in [-0.05, 0) is 41.5 Å². The number of aliphatic hydroxyl groups is 1. The molecule has 1 aliphatic rings. The molecule has 5 atom stereocenters. The first-order chi connectivity index (χ1) is 12.7. The van der Waals surface area contributed by atoms with Crippen molar-refractivity contribution in [1.82, 2.24) is 0 Å². The third-order valence-corrected chi connectivity index (χ3v) is 4.03. The topological polar surface area (TPSA) is 108 Å². The smallest absolute Gasteiger partial charge is 0.321 e. The number of halogens is 2. The summed E-state index contributed by atoms with van der Waals surface area (Å²) < 4.78 is 35.3. The van der Waals surface area contributed by atoms with E-state index in [0.29, 0.717) is 0 Å². The minimum absolute atomic E-state index is 0.520. The Morgan fingerprint density at radius 2 is 1.54 bits per heavy atom. The average molecular weight is 427 g/mol. The third kappa shape index (κ3) is 6.56. The molecule has 0 saturated carbocycles. The summed E-state index contributed by atoms with van der Waals surface area (Å²) in [7, 11) is 0. The van der Waals surface area contributed by atoms with Crippen molar-refractivity contribution in [3.63, 3.8) is 0 Å². The molecule has 8 nitrogen and oxygen atoms in total. The van der Waals surface area contributed by atoms with Gasteiger partial charge in [-0.15, -0.1) is 11.6 Å². The van der Waals surface area contributed by atoms with Crippen LogP contribution in [0.5, 0.6) is 0 Å². The van der Waals surface area contributed by atoms with E-state index < -0.39 is 72.0 Å². The van der Waals surface area contributed by atoms with Crippen LogP contribution in [0.2, 0.25) is 0 Å². The van der Waals surface area contributed by atoms with Crippen molar-refractivity contribution >= 4 is 29.5 Å². The highest BCUT2D eigenvalue weighted by molar-refractivity contribution is 6.26. The predicted octanol–water partition coefficient (Wildman–Crippen LogP) is 1.74. The summed E-state index contributed by atoms with van der Waals surface area (Å²) in [5.74, 6) is -2.87. The molecule has 0 aromatic heterocycles. The molecule has 0 radical (unpaired) electrons. The molecule has 1 fully saturated rings. The minimum Gasteiger partial charge on any atom is -0.462 e. The number of rotatable bonds is 5. The van der Waals surface area contributed by atoms with Crippen molar-refractivity contribution in [3.05, 3.63) is 0 Å². The largest absolute Gasteiger partial charge is 0.462 e. The lowest BCUT2D eigenvalue weighted by Gasteiger charge is -2.41. The maximum Gasteiger partial charge on any atom is 0.321 e. The number of carbonyl (C=O) groups excluding carboxylic acids is 3. The van der Waals surface area contributed by atoms with Crippen molar-refractivity contribution < 1.29 is 42.8 Å². The van der Waals surface area contributed by atoms with E-state index in [0.717, 1.165) is 0 Å². The highest BCUT2D eigenvalue weighted by Crippen LogP contribution is 2.30. The van der Waals surface area contributed by atoms with E-state index in [-0.39, 0.29) is 0 Å². The van der Waals surface area contributed by atoms with Crippen molar-refractivity contribution in [3.8, 4) is 0 Å². The summed E-state index contributed by atoms with van der Waals surface area (Å²) in [5.41, 5.74) is -1.80. The SMILES string of the molecule is CC(C)(C)C(=O)OC[C@H]1O[C@@H](O)[C@H](OC(=O)CCl)[C@@H](OC(=O)C(C)(C)C)[C@@H]1F. The zero-order valence-corrected chi connectivity index (χ0v) is 17.6. The van der Waals surface area contributed by atoms with Crippen LogP contribution in [0.4, 0.5) is 4.39 Å². The van der Waals surface area contributed by atoms with Crippen molar-refractivity contribution in [2.45, 2.75) is 72.3 Å². The van der Waals surface area contributed by atoms with E-state index in [1.54, 1.807) is 41.5 Å². The van der Waals surface area contributed by atoms with Gasteiger partial charge in [-0.2, -0.15) is 0 Å². The molecular weight excluding hydrogens is 399 g/mol. The van der Waals surface area contributed by atoms with Crippen LogP contribution >= 0.6 is 11.6 Å². The van der Waals surface area contributed by atoms with Crippen LogP contribution in [0.25, 0.3) is 0 Å². The van der Waals surface area contributed by atoms with E-state index in [4.69, 9.17) is 30.5 Å². The Bertz CT molecular complexity index is 583. The fourth-order valence-corrected chi connectivity index (χ4v) is 2.20. The monoisotopic (exact) mass is 426 g/mol. The van der Waals surface area contributed by atoms with Crippen LogP contribution in [0.3, 0.4) is 0 Å². The molecule has 10 heteroatoms. The molecule has 0 bridgehead atoms. The maximum atomic E-state index is 15.1. The summed E-state index contributed by atoms with van der Waals surface area (Å²) in [6, 6.07) is 0. The lowest BCUT2D eigenvalue weighted by molar-refractivity contribution is -0.285. The number of ether oxygens (including phenoxy) is 4. The van der Waals surface area contributed by atoms with Crippen LogP contribution < -0.4 is 0 Å². The standard InChI is InChI=1S/C18H28ClFO8/c1-17(2,3)15(23)25-8-9-11(20)12(28-16(24)18(4,5)6)13(14(22)26-9)27-10(21)7-19/h9,11-14,22H,7-8H2,1-6H3/t9-,11-,12+,13-,14-/m1/s1. The van der Waals surface area contributed by atoms with E-state index in [1.165, 1.54) is 0 Å². The highest BCUT2D eigenvalue weighted by atomic mass is 35.5. The van der Waals surface area contributed by atoms with Crippen LogP contribution in [-0.2, 0) is 33.3 Å². The fourth-order valence-electron chi connectivity index (χ4n) is 2.13. The lowest BCUT2D eigenvalue weighted by atomic mass is 9.95. The minimum atomic E-state index is -2.03. The fraction of sp³-hybridized carbons (Fsp3) is 0.833. The summed E-state index contributed by atoms with van der Waals surface area (Å²) >= 11 is 5.38. The Morgan fingerprint density at radius 1 is 1.00 bits per heavy atom. The van der Waals surface area contributed by atoms with Crippen molar-refractivity contribution in [1.29, 1.82) is 0 Å². The van der Waals surface area contributed by atoms with Crippen LogP contribution in [0.1, 0.15) is 41.5 Å². The first-order valence-electron chi connectivity index (χ1n) is 8.80. The molecule has 1 rings (SSSR count). The van der Waals surface area contributed by atoms with Gasteiger partial charge in [0.05, 0.1) is 10.8 Å². The second-order valence-electron chi connectivity index (χ2n) is 8.57. The van der Waals surface area contributed by atoms with E-state index in [9.17, 15) is 19.5 Å². The normalized spacial score (nSPS) is 28.4. The molecular formula is C18H28ClFO8. The predicted molar refractivity (Wildman–Crippen MR) is 96.1 cm³/mol. The van der Waals surface area contributed by atoms with Crippen molar-refractivity contribution in [2.24, 2.45) is 10.8 Å². The van der Waals surface area contributed by atoms with Gasteiger partial charge in [0.1, 0.15) is 18.6 Å². The van der Waals surface area contributed by atoms with Gasteiger partial charge < -0.3 is 24.1 Å². The molecule has 0 unspecified atom stereocenters. The van der Waals surface area contributed by atoms with Gasteiger partial charge in [0.2, 0.25) is 0 Å².